The molecule has 3 heteroatoms. The summed E-state index contributed by atoms with van der Waals surface area (Å²) in [4.78, 5) is 2.56. The maximum atomic E-state index is 3.68. The Hall–Kier alpha value is -0.0200. The summed E-state index contributed by atoms with van der Waals surface area (Å²) in [6, 6.07) is 6.78. The van der Waals surface area contributed by atoms with Crippen LogP contribution < -0.4 is 4.90 Å². The van der Waals surface area contributed by atoms with Crippen molar-refractivity contribution in [3.05, 3.63) is 28.2 Å². The van der Waals surface area contributed by atoms with Crippen LogP contribution in [0.5, 0.6) is 0 Å². The van der Waals surface area contributed by atoms with E-state index in [0.717, 1.165) is 5.33 Å². The topological polar surface area (TPSA) is 3.24 Å². The zero-order chi connectivity index (χ0) is 13.3. The van der Waals surface area contributed by atoms with Crippen LogP contribution in [-0.4, -0.2) is 13.1 Å². The Bertz CT molecular complexity index is 442. The molecule has 1 heterocycles. The second-order valence-electron chi connectivity index (χ2n) is 6.10. The summed E-state index contributed by atoms with van der Waals surface area (Å²) in [5.41, 5.74) is 3.42. The van der Waals surface area contributed by atoms with Gasteiger partial charge in [0.15, 0.2) is 0 Å². The second kappa shape index (κ2) is 5.77. The Kier molecular flexibility index (Phi) is 4.23. The van der Waals surface area contributed by atoms with Gasteiger partial charge in [-0.2, -0.15) is 0 Å². The largest absolute Gasteiger partial charge is 0.371 e. The van der Waals surface area contributed by atoms with Crippen LogP contribution in [0.25, 0.3) is 0 Å². The van der Waals surface area contributed by atoms with Gasteiger partial charge in [0.1, 0.15) is 0 Å². The first-order valence-electron chi connectivity index (χ1n) is 7.32. The number of anilines is 1. The number of hydrogen-bond donors (Lipinski definition) is 0. The van der Waals surface area contributed by atoms with Crippen molar-refractivity contribution in [3.8, 4) is 0 Å². The number of hydrogen-bond acceptors (Lipinski definition) is 1. The molecule has 1 saturated carbocycles. The van der Waals surface area contributed by atoms with Crippen LogP contribution in [0.4, 0.5) is 5.69 Å². The van der Waals surface area contributed by atoms with Crippen LogP contribution >= 0.6 is 31.9 Å². The smallest absolute Gasteiger partial charge is 0.0377 e. The molecule has 3 rings (SSSR count). The van der Waals surface area contributed by atoms with Crippen LogP contribution in [0.1, 0.15) is 44.1 Å². The third kappa shape index (κ3) is 2.87. The summed E-state index contributed by atoms with van der Waals surface area (Å²) in [5.74, 6) is 0. The summed E-state index contributed by atoms with van der Waals surface area (Å²) < 4.78 is 1.23. The molecule has 1 aromatic carbocycles. The van der Waals surface area contributed by atoms with Crippen LogP contribution in [0, 0.1) is 5.41 Å². The van der Waals surface area contributed by atoms with Gasteiger partial charge in [-0.3, -0.25) is 0 Å². The summed E-state index contributed by atoms with van der Waals surface area (Å²) in [6.45, 7) is 2.47. The summed E-state index contributed by atoms with van der Waals surface area (Å²) in [5, 5.41) is 0.914. The highest BCUT2D eigenvalue weighted by atomic mass is 79.9. The fourth-order valence-corrected chi connectivity index (χ4v) is 5.08. The zero-order valence-electron chi connectivity index (χ0n) is 11.3. The molecule has 1 aliphatic carbocycles. The lowest BCUT2D eigenvalue weighted by Gasteiger charge is -2.40. The van der Waals surface area contributed by atoms with E-state index in [2.05, 4.69) is 55.0 Å². The molecular weight excluding hydrogens is 366 g/mol. The fourth-order valence-electron chi connectivity index (χ4n) is 3.71. The van der Waals surface area contributed by atoms with Gasteiger partial charge >= 0.3 is 0 Å². The summed E-state index contributed by atoms with van der Waals surface area (Å²) in [6.07, 6.45) is 8.67. The highest BCUT2D eigenvalue weighted by Gasteiger charge is 2.36. The number of halogens is 2. The quantitative estimate of drug-likeness (QED) is 0.606. The predicted molar refractivity (Wildman–Crippen MR) is 89.1 cm³/mol. The molecule has 0 radical (unpaired) electrons. The van der Waals surface area contributed by atoms with Crippen molar-refractivity contribution in [1.29, 1.82) is 0 Å². The minimum Gasteiger partial charge on any atom is -0.371 e. The average molecular weight is 387 g/mol. The third-order valence-electron chi connectivity index (χ3n) is 5.03. The van der Waals surface area contributed by atoms with Gasteiger partial charge in [-0.25, -0.2) is 0 Å². The first kappa shape index (κ1) is 13.9. The second-order valence-corrected chi connectivity index (χ2v) is 7.52. The van der Waals surface area contributed by atoms with E-state index < -0.39 is 0 Å². The molecule has 0 atom stereocenters. The van der Waals surface area contributed by atoms with E-state index in [4.69, 9.17) is 0 Å². The molecule has 1 aliphatic heterocycles. The fraction of sp³-hybridized carbons (Fsp3) is 0.625. The van der Waals surface area contributed by atoms with Crippen LogP contribution in [0.3, 0.4) is 0 Å². The molecule has 0 N–H and O–H groups in total. The molecule has 0 bridgehead atoms. The Morgan fingerprint density at radius 2 is 1.74 bits per heavy atom. The minimum absolute atomic E-state index is 0.712. The molecule has 1 aromatic rings. The molecule has 0 unspecified atom stereocenters. The van der Waals surface area contributed by atoms with Crippen molar-refractivity contribution in [2.45, 2.75) is 43.9 Å². The maximum Gasteiger partial charge on any atom is 0.0377 e. The maximum absolute atomic E-state index is 3.68. The van der Waals surface area contributed by atoms with E-state index in [1.165, 1.54) is 67.3 Å². The van der Waals surface area contributed by atoms with Gasteiger partial charge in [0.05, 0.1) is 0 Å². The van der Waals surface area contributed by atoms with Gasteiger partial charge in [0, 0.05) is 28.6 Å². The number of alkyl halides is 1. The van der Waals surface area contributed by atoms with Gasteiger partial charge in [-0.1, -0.05) is 50.8 Å². The van der Waals surface area contributed by atoms with E-state index in [9.17, 15) is 0 Å². The van der Waals surface area contributed by atoms with Crippen molar-refractivity contribution in [1.82, 2.24) is 0 Å². The van der Waals surface area contributed by atoms with Gasteiger partial charge < -0.3 is 4.90 Å². The summed E-state index contributed by atoms with van der Waals surface area (Å²) >= 11 is 7.20. The van der Waals surface area contributed by atoms with Gasteiger partial charge in [0.25, 0.3) is 0 Å². The van der Waals surface area contributed by atoms with E-state index in [1.54, 1.807) is 0 Å². The minimum atomic E-state index is 0.712. The summed E-state index contributed by atoms with van der Waals surface area (Å²) in [7, 11) is 0. The Labute approximate surface area is 133 Å². The molecule has 2 aliphatic rings. The van der Waals surface area contributed by atoms with Gasteiger partial charge in [-0.15, -0.1) is 0 Å². The third-order valence-corrected chi connectivity index (χ3v) is 6.38. The number of piperidine rings is 1. The Morgan fingerprint density at radius 1 is 1.05 bits per heavy atom. The molecule has 19 heavy (non-hydrogen) atoms. The average Bonchev–Trinajstić information content (AvgIpc) is 2.88. The van der Waals surface area contributed by atoms with Crippen molar-refractivity contribution >= 4 is 37.5 Å². The first-order chi connectivity index (χ1) is 9.22. The van der Waals surface area contributed by atoms with Crippen LogP contribution in [0.15, 0.2) is 22.7 Å². The molecule has 0 aromatic heterocycles. The van der Waals surface area contributed by atoms with Crippen molar-refractivity contribution in [3.63, 3.8) is 0 Å². The Balaban J connectivity index is 1.69. The van der Waals surface area contributed by atoms with E-state index in [-0.39, 0.29) is 0 Å². The SMILES string of the molecule is BrCc1ccc(N2CCC3(CCCC3)CC2)cc1Br. The van der Waals surface area contributed by atoms with Gasteiger partial charge in [0.2, 0.25) is 0 Å². The zero-order valence-corrected chi connectivity index (χ0v) is 14.5. The lowest BCUT2D eigenvalue weighted by Crippen LogP contribution is -2.38. The van der Waals surface area contributed by atoms with Gasteiger partial charge in [-0.05, 0) is 48.8 Å². The lowest BCUT2D eigenvalue weighted by molar-refractivity contribution is 0.226. The standard InChI is InChI=1S/C16H21Br2N/c17-12-13-3-4-14(11-15(13)18)19-9-7-16(8-10-19)5-1-2-6-16/h3-4,11H,1-2,5-10,12H2. The monoisotopic (exact) mass is 385 g/mol. The molecule has 1 spiro atoms. The number of rotatable bonds is 2. The molecule has 2 fully saturated rings. The van der Waals surface area contributed by atoms with Crippen LogP contribution in [0.2, 0.25) is 0 Å². The van der Waals surface area contributed by atoms with E-state index in [1.807, 2.05) is 0 Å². The van der Waals surface area contributed by atoms with E-state index in [0.29, 0.717) is 5.41 Å². The van der Waals surface area contributed by atoms with Crippen LogP contribution in [-0.2, 0) is 5.33 Å². The normalized spacial score (nSPS) is 22.1. The van der Waals surface area contributed by atoms with Crippen molar-refractivity contribution in [2.24, 2.45) is 5.41 Å². The molecule has 1 saturated heterocycles. The lowest BCUT2D eigenvalue weighted by atomic mass is 9.77. The molecule has 1 nitrogen and oxygen atoms in total. The molecular formula is C16H21Br2N. The first-order valence-corrected chi connectivity index (χ1v) is 9.23. The van der Waals surface area contributed by atoms with Crippen molar-refractivity contribution < 1.29 is 0 Å². The number of benzene rings is 1. The predicted octanol–water partition coefficient (Wildman–Crippen LogP) is 5.50. The Morgan fingerprint density at radius 3 is 2.32 bits per heavy atom. The molecule has 0 amide bonds. The van der Waals surface area contributed by atoms with Crippen molar-refractivity contribution in [2.75, 3.05) is 18.0 Å². The molecule has 104 valence electrons. The number of nitrogens with zero attached hydrogens (tertiary/aromatic N) is 1. The highest BCUT2D eigenvalue weighted by Crippen LogP contribution is 2.46. The van der Waals surface area contributed by atoms with E-state index >= 15 is 0 Å². The highest BCUT2D eigenvalue weighted by molar-refractivity contribution is 9.10.